The molecule has 0 spiro atoms. The third-order valence-electron chi connectivity index (χ3n) is 5.39. The Balaban J connectivity index is 1.42. The Kier molecular flexibility index (Phi) is 3.79. The van der Waals surface area contributed by atoms with Crippen LogP contribution in [-0.2, 0) is 6.18 Å². The summed E-state index contributed by atoms with van der Waals surface area (Å²) in [6, 6.07) is 21.8. The molecule has 0 amide bonds. The largest absolute Gasteiger partial charge is 0.416 e. The summed E-state index contributed by atoms with van der Waals surface area (Å²) in [5.74, 6) is 1.06. The molecule has 0 aliphatic heterocycles. The van der Waals surface area contributed by atoms with Crippen LogP contribution in [0.3, 0.4) is 0 Å². The van der Waals surface area contributed by atoms with E-state index in [-0.39, 0.29) is 11.8 Å². The van der Waals surface area contributed by atoms with Gasteiger partial charge in [0.1, 0.15) is 5.82 Å². The van der Waals surface area contributed by atoms with Crippen molar-refractivity contribution in [3.8, 4) is 11.1 Å². The molecule has 0 radical (unpaired) electrons. The smallest absolute Gasteiger partial charge is 0.342 e. The van der Waals surface area contributed by atoms with Gasteiger partial charge >= 0.3 is 6.18 Å². The second kappa shape index (κ2) is 6.23. The van der Waals surface area contributed by atoms with Crippen molar-refractivity contribution in [3.63, 3.8) is 0 Å². The zero-order valence-electron chi connectivity index (χ0n) is 14.9. The maximum absolute atomic E-state index is 13.0. The molecular weight excluding hydrogens is 361 g/mol. The summed E-state index contributed by atoms with van der Waals surface area (Å²) in [7, 11) is 0. The van der Waals surface area contributed by atoms with Crippen LogP contribution in [0.4, 0.5) is 13.2 Å². The molecule has 2 nitrogen and oxygen atoms in total. The number of rotatable bonds is 3. The number of hydrogen-bond donors (Lipinski definition) is 1. The minimum atomic E-state index is -4.31. The van der Waals surface area contributed by atoms with Crippen LogP contribution >= 0.6 is 0 Å². The Hall–Kier alpha value is -3.08. The van der Waals surface area contributed by atoms with Crippen molar-refractivity contribution in [1.82, 2.24) is 9.97 Å². The van der Waals surface area contributed by atoms with E-state index in [9.17, 15) is 13.2 Å². The highest BCUT2D eigenvalue weighted by molar-refractivity contribution is 5.82. The van der Waals surface area contributed by atoms with Crippen LogP contribution in [-0.4, -0.2) is 9.97 Å². The molecule has 1 aliphatic rings. The van der Waals surface area contributed by atoms with Crippen LogP contribution in [0, 0.1) is 0 Å². The normalized spacial score (nSPS) is 19.1. The number of alkyl halides is 3. The maximum atomic E-state index is 13.0. The van der Waals surface area contributed by atoms with Crippen molar-refractivity contribution in [2.75, 3.05) is 0 Å². The first-order chi connectivity index (χ1) is 13.5. The summed E-state index contributed by atoms with van der Waals surface area (Å²) >= 11 is 0. The fraction of sp³-hybridized carbons (Fsp3) is 0.174. The molecule has 1 aliphatic carbocycles. The number of halogens is 3. The van der Waals surface area contributed by atoms with Gasteiger partial charge in [-0.3, -0.25) is 0 Å². The van der Waals surface area contributed by atoms with E-state index in [1.165, 1.54) is 12.1 Å². The number of benzene rings is 3. The average Bonchev–Trinajstić information content (AvgIpc) is 3.39. The van der Waals surface area contributed by atoms with Crippen molar-refractivity contribution in [3.05, 3.63) is 89.7 Å². The van der Waals surface area contributed by atoms with Crippen molar-refractivity contribution < 1.29 is 13.2 Å². The van der Waals surface area contributed by atoms with E-state index in [1.807, 2.05) is 30.3 Å². The van der Waals surface area contributed by atoms with E-state index >= 15 is 0 Å². The second-order valence-corrected chi connectivity index (χ2v) is 7.29. The molecule has 28 heavy (non-hydrogen) atoms. The van der Waals surface area contributed by atoms with Crippen LogP contribution < -0.4 is 0 Å². The van der Waals surface area contributed by atoms with Crippen LogP contribution in [0.5, 0.6) is 0 Å². The third kappa shape index (κ3) is 3.07. The molecule has 0 bridgehead atoms. The van der Waals surface area contributed by atoms with Gasteiger partial charge in [-0.2, -0.15) is 13.2 Å². The first kappa shape index (κ1) is 17.0. The number of nitrogens with one attached hydrogen (secondary N) is 1. The molecule has 5 heteroatoms. The number of nitrogens with zero attached hydrogens (tertiary/aromatic N) is 1. The number of imidazole rings is 1. The summed E-state index contributed by atoms with van der Waals surface area (Å²) in [6.45, 7) is 0. The molecule has 140 valence electrons. The molecule has 0 saturated heterocycles. The predicted molar refractivity (Wildman–Crippen MR) is 103 cm³/mol. The van der Waals surface area contributed by atoms with E-state index in [1.54, 1.807) is 6.07 Å². The number of H-pyrrole nitrogens is 1. The number of fused-ring (bicyclic) bond motifs is 1. The molecule has 2 unspecified atom stereocenters. The lowest BCUT2D eigenvalue weighted by Gasteiger charge is -2.08. The molecule has 1 saturated carbocycles. The molecule has 1 fully saturated rings. The monoisotopic (exact) mass is 378 g/mol. The summed E-state index contributed by atoms with van der Waals surface area (Å²) in [4.78, 5) is 8.06. The first-order valence-corrected chi connectivity index (χ1v) is 9.21. The average molecular weight is 378 g/mol. The van der Waals surface area contributed by atoms with Crippen LogP contribution in [0.2, 0.25) is 0 Å². The highest BCUT2D eigenvalue weighted by Gasteiger charge is 2.42. The van der Waals surface area contributed by atoms with Gasteiger partial charge in [-0.1, -0.05) is 54.6 Å². The summed E-state index contributed by atoms with van der Waals surface area (Å²) in [6.07, 6.45) is -3.50. The van der Waals surface area contributed by atoms with Crippen molar-refractivity contribution in [1.29, 1.82) is 0 Å². The minimum absolute atomic E-state index is 0.0801. The Morgan fingerprint density at radius 2 is 1.64 bits per heavy atom. The van der Waals surface area contributed by atoms with Gasteiger partial charge in [-0.25, -0.2) is 4.98 Å². The molecular formula is C23H17F3N2. The predicted octanol–water partition coefficient (Wildman–Crippen LogP) is 6.52. The Morgan fingerprint density at radius 3 is 2.43 bits per heavy atom. The van der Waals surface area contributed by atoms with Gasteiger partial charge in [0, 0.05) is 5.92 Å². The topological polar surface area (TPSA) is 28.7 Å². The van der Waals surface area contributed by atoms with Gasteiger partial charge in [-0.05, 0) is 47.2 Å². The van der Waals surface area contributed by atoms with Crippen LogP contribution in [0.1, 0.15) is 35.2 Å². The molecule has 2 atom stereocenters. The lowest BCUT2D eigenvalue weighted by molar-refractivity contribution is -0.137. The standard InChI is InChI=1S/C23H17F3N2/c24-23(25,26)17-8-4-7-16(11-17)18-13-19(18)22-27-20-10-9-15(12-21(20)28-22)14-5-2-1-3-6-14/h1-12,18-19H,13H2,(H,27,28). The van der Waals surface area contributed by atoms with Crippen molar-refractivity contribution in [2.45, 2.75) is 24.4 Å². The number of hydrogen-bond acceptors (Lipinski definition) is 1. The lowest BCUT2D eigenvalue weighted by Crippen LogP contribution is -2.05. The molecule has 1 heterocycles. The van der Waals surface area contributed by atoms with Crippen molar-refractivity contribution in [2.24, 2.45) is 0 Å². The highest BCUT2D eigenvalue weighted by atomic mass is 19.4. The fourth-order valence-electron chi connectivity index (χ4n) is 3.83. The Morgan fingerprint density at radius 1 is 0.821 bits per heavy atom. The minimum Gasteiger partial charge on any atom is -0.342 e. The summed E-state index contributed by atoms with van der Waals surface area (Å²) in [5, 5.41) is 0. The van der Waals surface area contributed by atoms with E-state index in [0.29, 0.717) is 0 Å². The van der Waals surface area contributed by atoms with E-state index in [2.05, 4.69) is 28.2 Å². The SMILES string of the molecule is FC(F)(F)c1cccc(C2CC2c2nc3ccc(-c4ccccc4)cc3[nH]2)c1. The Bertz CT molecular complexity index is 1150. The van der Waals surface area contributed by atoms with Gasteiger partial charge in [0.05, 0.1) is 16.6 Å². The van der Waals surface area contributed by atoms with Gasteiger partial charge < -0.3 is 4.98 Å². The molecule has 4 aromatic rings. The zero-order chi connectivity index (χ0) is 19.3. The quantitative estimate of drug-likeness (QED) is 0.432. The lowest BCUT2D eigenvalue weighted by atomic mass is 10.1. The van der Waals surface area contributed by atoms with Crippen LogP contribution in [0.15, 0.2) is 72.8 Å². The van der Waals surface area contributed by atoms with Crippen molar-refractivity contribution >= 4 is 11.0 Å². The van der Waals surface area contributed by atoms with Gasteiger partial charge in [0.15, 0.2) is 0 Å². The maximum Gasteiger partial charge on any atom is 0.416 e. The summed E-state index contributed by atoms with van der Waals surface area (Å²) < 4.78 is 38.9. The Labute approximate surface area is 160 Å². The molecule has 1 N–H and O–H groups in total. The molecule has 5 rings (SSSR count). The zero-order valence-corrected chi connectivity index (χ0v) is 14.9. The van der Waals surface area contributed by atoms with Crippen LogP contribution in [0.25, 0.3) is 22.2 Å². The number of aromatic amines is 1. The van der Waals surface area contributed by atoms with Gasteiger partial charge in [0.25, 0.3) is 0 Å². The first-order valence-electron chi connectivity index (χ1n) is 9.21. The third-order valence-corrected chi connectivity index (χ3v) is 5.39. The highest BCUT2D eigenvalue weighted by Crippen LogP contribution is 2.54. The van der Waals surface area contributed by atoms with Gasteiger partial charge in [-0.15, -0.1) is 0 Å². The van der Waals surface area contributed by atoms with E-state index in [0.717, 1.165) is 46.0 Å². The second-order valence-electron chi connectivity index (χ2n) is 7.29. The van der Waals surface area contributed by atoms with E-state index < -0.39 is 11.7 Å². The summed E-state index contributed by atoms with van der Waals surface area (Å²) in [5.41, 5.74) is 4.20. The number of aromatic nitrogens is 2. The molecule has 1 aromatic heterocycles. The fourth-order valence-corrected chi connectivity index (χ4v) is 3.83. The van der Waals surface area contributed by atoms with E-state index in [4.69, 9.17) is 0 Å². The van der Waals surface area contributed by atoms with Gasteiger partial charge in [0.2, 0.25) is 0 Å². The molecule has 3 aromatic carbocycles.